The van der Waals surface area contributed by atoms with Crippen LogP contribution in [0.3, 0.4) is 0 Å². The Bertz CT molecular complexity index is 915. The summed E-state index contributed by atoms with van der Waals surface area (Å²) >= 11 is 1.55. The highest BCUT2D eigenvalue weighted by Crippen LogP contribution is 2.37. The lowest BCUT2D eigenvalue weighted by molar-refractivity contribution is -0.112. The van der Waals surface area contributed by atoms with Crippen LogP contribution in [0, 0.1) is 0 Å². The maximum atomic E-state index is 12.5. The average molecular weight is 319 g/mol. The first-order valence-corrected chi connectivity index (χ1v) is 8.01. The Labute approximate surface area is 137 Å². The molecule has 0 N–H and O–H groups in total. The number of carbonyl (C=O) groups is 1. The molecule has 1 aromatic carbocycles. The number of amides is 1. The number of pyridine rings is 1. The predicted molar refractivity (Wildman–Crippen MR) is 93.1 cm³/mol. The van der Waals surface area contributed by atoms with Crippen molar-refractivity contribution in [1.82, 2.24) is 9.97 Å². The Morgan fingerprint density at radius 3 is 2.83 bits per heavy atom. The number of anilines is 1. The van der Waals surface area contributed by atoms with Gasteiger partial charge in [0, 0.05) is 41.6 Å². The van der Waals surface area contributed by atoms with Gasteiger partial charge in [-0.1, -0.05) is 18.2 Å². The molecule has 0 saturated carbocycles. The highest BCUT2D eigenvalue weighted by Gasteiger charge is 2.29. The van der Waals surface area contributed by atoms with Crippen LogP contribution in [0.5, 0.6) is 0 Å². The van der Waals surface area contributed by atoms with E-state index in [1.54, 1.807) is 41.9 Å². The topological polar surface area (TPSA) is 46.1 Å². The summed E-state index contributed by atoms with van der Waals surface area (Å²) < 4.78 is 0. The van der Waals surface area contributed by atoms with Crippen molar-refractivity contribution in [1.29, 1.82) is 0 Å². The molecular weight excluding hydrogens is 306 g/mol. The van der Waals surface area contributed by atoms with Gasteiger partial charge >= 0.3 is 0 Å². The summed E-state index contributed by atoms with van der Waals surface area (Å²) in [6, 6.07) is 11.7. The molecule has 3 aromatic rings. The standard InChI is InChI=1S/C18H13N3OS/c1-21-16-7-3-2-6-14(16)15(18(21)22)9-13-11-20-17(23-13)12-5-4-8-19-10-12/h2-11H,1H3. The first-order valence-electron chi connectivity index (χ1n) is 7.19. The van der Waals surface area contributed by atoms with E-state index in [1.165, 1.54) is 0 Å². The summed E-state index contributed by atoms with van der Waals surface area (Å²) in [6.45, 7) is 0. The van der Waals surface area contributed by atoms with Crippen LogP contribution in [0.1, 0.15) is 10.4 Å². The zero-order valence-corrected chi connectivity index (χ0v) is 13.2. The first-order chi connectivity index (χ1) is 11.2. The molecule has 0 saturated heterocycles. The number of aromatic nitrogens is 2. The highest BCUT2D eigenvalue weighted by atomic mass is 32.1. The minimum absolute atomic E-state index is 0.0162. The number of hydrogen-bond donors (Lipinski definition) is 0. The molecule has 1 aliphatic heterocycles. The van der Waals surface area contributed by atoms with Gasteiger partial charge in [0.15, 0.2) is 0 Å². The van der Waals surface area contributed by atoms with Gasteiger partial charge in [-0.15, -0.1) is 11.3 Å². The van der Waals surface area contributed by atoms with Crippen molar-refractivity contribution in [2.45, 2.75) is 0 Å². The van der Waals surface area contributed by atoms with Gasteiger partial charge in [-0.25, -0.2) is 4.98 Å². The quantitative estimate of drug-likeness (QED) is 0.676. The van der Waals surface area contributed by atoms with E-state index >= 15 is 0 Å². The fraction of sp³-hybridized carbons (Fsp3) is 0.0556. The molecule has 0 fully saturated rings. The summed E-state index contributed by atoms with van der Waals surface area (Å²) in [7, 11) is 1.80. The number of thiazole rings is 1. The van der Waals surface area contributed by atoms with Gasteiger partial charge in [0.2, 0.25) is 0 Å². The number of carbonyl (C=O) groups excluding carboxylic acids is 1. The molecule has 5 heteroatoms. The fourth-order valence-electron chi connectivity index (χ4n) is 2.66. The molecule has 0 radical (unpaired) electrons. The summed E-state index contributed by atoms with van der Waals surface area (Å²) in [5.41, 5.74) is 3.61. The lowest BCUT2D eigenvalue weighted by Crippen LogP contribution is -2.20. The average Bonchev–Trinajstić information content (AvgIpc) is 3.16. The molecule has 1 amide bonds. The molecule has 0 spiro atoms. The third-order valence-corrected chi connectivity index (χ3v) is 4.80. The minimum Gasteiger partial charge on any atom is -0.311 e. The van der Waals surface area contributed by atoms with E-state index in [1.807, 2.05) is 42.5 Å². The number of likely N-dealkylation sites (N-methyl/N-ethyl adjacent to an activating group) is 1. The number of hydrogen-bond acceptors (Lipinski definition) is 4. The largest absolute Gasteiger partial charge is 0.311 e. The number of nitrogens with zero attached hydrogens (tertiary/aromatic N) is 3. The molecule has 0 bridgehead atoms. The number of fused-ring (bicyclic) bond motifs is 1. The van der Waals surface area contributed by atoms with Crippen molar-refractivity contribution in [2.75, 3.05) is 11.9 Å². The van der Waals surface area contributed by atoms with E-state index in [0.717, 1.165) is 26.7 Å². The Kier molecular flexibility index (Phi) is 3.28. The molecule has 4 nitrogen and oxygen atoms in total. The number of benzene rings is 1. The van der Waals surface area contributed by atoms with Gasteiger partial charge in [-0.05, 0) is 24.3 Å². The van der Waals surface area contributed by atoms with Crippen LogP contribution in [-0.4, -0.2) is 22.9 Å². The van der Waals surface area contributed by atoms with E-state index in [4.69, 9.17) is 0 Å². The Morgan fingerprint density at radius 1 is 1.13 bits per heavy atom. The molecule has 2 aromatic heterocycles. The van der Waals surface area contributed by atoms with Crippen LogP contribution in [-0.2, 0) is 4.79 Å². The van der Waals surface area contributed by atoms with E-state index in [0.29, 0.717) is 5.57 Å². The lowest BCUT2D eigenvalue weighted by atomic mass is 10.1. The maximum Gasteiger partial charge on any atom is 0.258 e. The van der Waals surface area contributed by atoms with Crippen LogP contribution in [0.25, 0.3) is 22.2 Å². The zero-order valence-electron chi connectivity index (χ0n) is 12.4. The summed E-state index contributed by atoms with van der Waals surface area (Å²) in [4.78, 5) is 23.7. The lowest BCUT2D eigenvalue weighted by Gasteiger charge is -2.07. The molecule has 0 atom stereocenters. The minimum atomic E-state index is 0.0162. The van der Waals surface area contributed by atoms with Crippen molar-refractivity contribution in [2.24, 2.45) is 0 Å². The van der Waals surface area contributed by atoms with Crippen LogP contribution in [0.4, 0.5) is 5.69 Å². The second-order valence-corrected chi connectivity index (χ2v) is 6.31. The van der Waals surface area contributed by atoms with Gasteiger partial charge < -0.3 is 4.90 Å². The van der Waals surface area contributed by atoms with Gasteiger partial charge in [0.1, 0.15) is 5.01 Å². The van der Waals surface area contributed by atoms with Crippen molar-refractivity contribution in [3.05, 3.63) is 65.4 Å². The van der Waals surface area contributed by atoms with Gasteiger partial charge in [-0.3, -0.25) is 9.78 Å². The second kappa shape index (κ2) is 5.44. The van der Waals surface area contributed by atoms with Crippen LogP contribution in [0.2, 0.25) is 0 Å². The highest BCUT2D eigenvalue weighted by molar-refractivity contribution is 7.16. The summed E-state index contributed by atoms with van der Waals surface area (Å²) in [5, 5.41) is 0.900. The van der Waals surface area contributed by atoms with Crippen molar-refractivity contribution in [3.8, 4) is 10.6 Å². The summed E-state index contributed by atoms with van der Waals surface area (Å²) in [5.74, 6) is 0.0162. The maximum absolute atomic E-state index is 12.5. The predicted octanol–water partition coefficient (Wildman–Crippen LogP) is 3.72. The first kappa shape index (κ1) is 13.8. The van der Waals surface area contributed by atoms with E-state index < -0.39 is 0 Å². The SMILES string of the molecule is CN1C(=O)C(=Cc2cnc(-c3cccnc3)s2)c2ccccc21. The monoisotopic (exact) mass is 319 g/mol. The van der Waals surface area contributed by atoms with Crippen molar-refractivity contribution < 1.29 is 4.79 Å². The normalized spacial score (nSPS) is 15.3. The molecule has 1 aliphatic rings. The molecule has 112 valence electrons. The Balaban J connectivity index is 1.74. The van der Waals surface area contributed by atoms with Crippen molar-refractivity contribution >= 4 is 34.6 Å². The Hall–Kier alpha value is -2.79. The van der Waals surface area contributed by atoms with Gasteiger partial charge in [-0.2, -0.15) is 0 Å². The fourth-order valence-corrected chi connectivity index (χ4v) is 3.51. The number of rotatable bonds is 2. The van der Waals surface area contributed by atoms with Crippen molar-refractivity contribution in [3.63, 3.8) is 0 Å². The van der Waals surface area contributed by atoms with E-state index in [9.17, 15) is 4.79 Å². The third kappa shape index (κ3) is 2.35. The molecule has 0 unspecified atom stereocenters. The second-order valence-electron chi connectivity index (χ2n) is 5.25. The molecule has 4 rings (SSSR count). The molecule has 3 heterocycles. The molecule has 23 heavy (non-hydrogen) atoms. The smallest absolute Gasteiger partial charge is 0.258 e. The Morgan fingerprint density at radius 2 is 2.00 bits per heavy atom. The molecule has 0 aliphatic carbocycles. The molecular formula is C18H13N3OS. The summed E-state index contributed by atoms with van der Waals surface area (Å²) in [6.07, 6.45) is 7.25. The van der Waals surface area contributed by atoms with Crippen LogP contribution in [0.15, 0.2) is 55.0 Å². The van der Waals surface area contributed by atoms with E-state index in [2.05, 4.69) is 9.97 Å². The zero-order chi connectivity index (χ0) is 15.8. The van der Waals surface area contributed by atoms with Gasteiger partial charge in [0.25, 0.3) is 5.91 Å². The van der Waals surface area contributed by atoms with Crippen LogP contribution < -0.4 is 4.90 Å². The van der Waals surface area contributed by atoms with Gasteiger partial charge in [0.05, 0.1) is 11.3 Å². The van der Waals surface area contributed by atoms with E-state index in [-0.39, 0.29) is 5.91 Å². The number of para-hydroxylation sites is 1. The third-order valence-electron chi connectivity index (χ3n) is 3.81. The van der Waals surface area contributed by atoms with Crippen LogP contribution >= 0.6 is 11.3 Å².